The van der Waals surface area contributed by atoms with E-state index in [1.54, 1.807) is 0 Å². The molecule has 0 bridgehead atoms. The van der Waals surface area contributed by atoms with Crippen molar-refractivity contribution in [3.63, 3.8) is 0 Å². The molecule has 0 aliphatic carbocycles. The van der Waals surface area contributed by atoms with Crippen LogP contribution in [0.15, 0.2) is 0 Å². The minimum atomic E-state index is -0.644. The Morgan fingerprint density at radius 2 is 2.27 bits per heavy atom. The maximum absolute atomic E-state index is 10.5. The first-order chi connectivity index (χ1) is 4.72. The molecule has 0 spiro atoms. The highest BCUT2D eigenvalue weighted by molar-refractivity contribution is 5.85. The maximum atomic E-state index is 10.5. The molecule has 0 saturated carbocycles. The van der Waals surface area contributed by atoms with Crippen LogP contribution in [-0.4, -0.2) is 24.2 Å². The van der Waals surface area contributed by atoms with Crippen LogP contribution in [0.5, 0.6) is 0 Å². The highest BCUT2D eigenvalue weighted by Crippen LogP contribution is 2.17. The summed E-state index contributed by atoms with van der Waals surface area (Å²) < 4.78 is 0. The largest absolute Gasteiger partial charge is 0.481 e. The molecule has 0 amide bonds. The molecule has 1 saturated heterocycles. The molecule has 0 unspecified atom stereocenters. The van der Waals surface area contributed by atoms with E-state index in [4.69, 9.17) is 5.11 Å². The van der Waals surface area contributed by atoms with Gasteiger partial charge in [-0.15, -0.1) is 12.4 Å². The van der Waals surface area contributed by atoms with Gasteiger partial charge in [0.15, 0.2) is 0 Å². The molecule has 2 atom stereocenters. The second kappa shape index (κ2) is 4.57. The predicted octanol–water partition coefficient (Wildman–Crippen LogP) is 0.738. The van der Waals surface area contributed by atoms with Gasteiger partial charge in [-0.05, 0) is 25.4 Å². The first-order valence-electron chi connectivity index (χ1n) is 3.65. The van der Waals surface area contributed by atoms with E-state index < -0.39 is 5.97 Å². The van der Waals surface area contributed by atoms with E-state index in [0.717, 1.165) is 19.5 Å². The van der Waals surface area contributed by atoms with E-state index >= 15 is 0 Å². The summed E-state index contributed by atoms with van der Waals surface area (Å²) in [5.41, 5.74) is 0. The first-order valence-corrected chi connectivity index (χ1v) is 3.65. The van der Waals surface area contributed by atoms with Crippen molar-refractivity contribution in [3.05, 3.63) is 0 Å². The van der Waals surface area contributed by atoms with Crippen molar-refractivity contribution in [2.24, 2.45) is 11.8 Å². The highest BCUT2D eigenvalue weighted by Gasteiger charge is 2.26. The van der Waals surface area contributed by atoms with Crippen molar-refractivity contribution in [2.45, 2.75) is 13.3 Å². The average molecular weight is 180 g/mol. The van der Waals surface area contributed by atoms with Crippen LogP contribution in [0, 0.1) is 11.8 Å². The lowest BCUT2D eigenvalue weighted by atomic mass is 9.88. The van der Waals surface area contributed by atoms with Crippen LogP contribution in [0.1, 0.15) is 13.3 Å². The first kappa shape index (κ1) is 10.7. The molecule has 0 radical (unpaired) electrons. The lowest BCUT2D eigenvalue weighted by Gasteiger charge is -2.25. The van der Waals surface area contributed by atoms with Gasteiger partial charge < -0.3 is 10.4 Å². The normalized spacial score (nSPS) is 30.6. The number of nitrogens with one attached hydrogen (secondary N) is 1. The molecule has 2 N–H and O–H groups in total. The van der Waals surface area contributed by atoms with Crippen LogP contribution >= 0.6 is 12.4 Å². The van der Waals surface area contributed by atoms with Crippen LogP contribution < -0.4 is 5.32 Å². The van der Waals surface area contributed by atoms with Crippen LogP contribution in [0.25, 0.3) is 0 Å². The molecule has 66 valence electrons. The van der Waals surface area contributed by atoms with Crippen molar-refractivity contribution >= 4 is 18.4 Å². The van der Waals surface area contributed by atoms with Gasteiger partial charge in [-0.25, -0.2) is 0 Å². The van der Waals surface area contributed by atoms with Crippen LogP contribution in [0.4, 0.5) is 0 Å². The minimum absolute atomic E-state index is 0. The quantitative estimate of drug-likeness (QED) is 0.624. The summed E-state index contributed by atoms with van der Waals surface area (Å²) in [6.07, 6.45) is 0.774. The molecule has 1 fully saturated rings. The Labute approximate surface area is 72.6 Å². The number of carboxylic acids is 1. The number of rotatable bonds is 1. The molecule has 1 aliphatic rings. The summed E-state index contributed by atoms with van der Waals surface area (Å²) >= 11 is 0. The van der Waals surface area contributed by atoms with E-state index in [1.165, 1.54) is 0 Å². The fourth-order valence-electron chi connectivity index (χ4n) is 1.38. The third-order valence-electron chi connectivity index (χ3n) is 2.10. The number of hydrogen-bond donors (Lipinski definition) is 2. The van der Waals surface area contributed by atoms with Crippen molar-refractivity contribution < 1.29 is 9.90 Å². The van der Waals surface area contributed by atoms with Gasteiger partial charge in [0.05, 0.1) is 5.92 Å². The molecule has 1 heterocycles. The molecular weight excluding hydrogens is 166 g/mol. The molecular formula is C7H14ClNO2. The molecule has 0 aromatic rings. The fraction of sp³-hybridized carbons (Fsp3) is 0.857. The zero-order chi connectivity index (χ0) is 7.56. The Hall–Kier alpha value is -0.280. The summed E-state index contributed by atoms with van der Waals surface area (Å²) in [7, 11) is 0. The van der Waals surface area contributed by atoms with Gasteiger partial charge in [-0.3, -0.25) is 4.79 Å². The van der Waals surface area contributed by atoms with Gasteiger partial charge in [0.2, 0.25) is 0 Å². The number of hydrogen-bond acceptors (Lipinski definition) is 2. The highest BCUT2D eigenvalue weighted by atomic mass is 35.5. The standard InChI is InChI=1S/C7H13NO2.ClH/c1-5-4-8-3-2-6(5)7(9)10;/h5-6,8H,2-4H2,1H3,(H,9,10);1H/t5-,6+;/m0./s1. The monoisotopic (exact) mass is 179 g/mol. The van der Waals surface area contributed by atoms with Gasteiger partial charge in [0.1, 0.15) is 0 Å². The molecule has 4 heteroatoms. The van der Waals surface area contributed by atoms with E-state index in [2.05, 4.69) is 5.32 Å². The Balaban J connectivity index is 0.000001000. The molecule has 3 nitrogen and oxygen atoms in total. The van der Waals surface area contributed by atoms with Crippen molar-refractivity contribution in [1.29, 1.82) is 0 Å². The predicted molar refractivity (Wildman–Crippen MR) is 45.0 cm³/mol. The molecule has 1 aliphatic heterocycles. The van der Waals surface area contributed by atoms with Gasteiger partial charge >= 0.3 is 5.97 Å². The van der Waals surface area contributed by atoms with Gasteiger partial charge in [-0.1, -0.05) is 6.92 Å². The number of piperidine rings is 1. The zero-order valence-electron chi connectivity index (χ0n) is 6.54. The number of halogens is 1. The number of carbonyl (C=O) groups is 1. The Kier molecular flexibility index (Phi) is 4.45. The van der Waals surface area contributed by atoms with E-state index in [9.17, 15) is 4.79 Å². The molecule has 0 aromatic carbocycles. The SMILES string of the molecule is C[C@H]1CNCC[C@H]1C(=O)O.Cl. The third-order valence-corrected chi connectivity index (χ3v) is 2.10. The molecule has 11 heavy (non-hydrogen) atoms. The Morgan fingerprint density at radius 3 is 2.64 bits per heavy atom. The van der Waals surface area contributed by atoms with Crippen molar-refractivity contribution in [1.82, 2.24) is 5.32 Å². The summed E-state index contributed by atoms with van der Waals surface area (Å²) in [5.74, 6) is -0.485. The molecule has 1 rings (SSSR count). The van der Waals surface area contributed by atoms with Crippen LogP contribution in [-0.2, 0) is 4.79 Å². The fourth-order valence-corrected chi connectivity index (χ4v) is 1.38. The average Bonchev–Trinajstić information content (AvgIpc) is 1.88. The van der Waals surface area contributed by atoms with E-state index in [1.807, 2.05) is 6.92 Å². The van der Waals surface area contributed by atoms with Crippen LogP contribution in [0.3, 0.4) is 0 Å². The Morgan fingerprint density at radius 1 is 1.64 bits per heavy atom. The lowest BCUT2D eigenvalue weighted by Crippen LogP contribution is -2.38. The summed E-state index contributed by atoms with van der Waals surface area (Å²) in [4.78, 5) is 10.5. The minimum Gasteiger partial charge on any atom is -0.481 e. The summed E-state index contributed by atoms with van der Waals surface area (Å²) in [5, 5.41) is 11.8. The van der Waals surface area contributed by atoms with Gasteiger partial charge in [-0.2, -0.15) is 0 Å². The maximum Gasteiger partial charge on any atom is 0.306 e. The summed E-state index contributed by atoms with van der Waals surface area (Å²) in [6.45, 7) is 3.67. The smallest absolute Gasteiger partial charge is 0.306 e. The van der Waals surface area contributed by atoms with Gasteiger partial charge in [0.25, 0.3) is 0 Å². The number of carboxylic acid groups (broad SMARTS) is 1. The molecule has 0 aromatic heterocycles. The van der Waals surface area contributed by atoms with Gasteiger partial charge in [0, 0.05) is 0 Å². The van der Waals surface area contributed by atoms with Crippen LogP contribution in [0.2, 0.25) is 0 Å². The lowest BCUT2D eigenvalue weighted by molar-refractivity contribution is -0.144. The Bertz CT molecular complexity index is 140. The second-order valence-corrected chi connectivity index (χ2v) is 2.91. The summed E-state index contributed by atoms with van der Waals surface area (Å²) in [6, 6.07) is 0. The zero-order valence-corrected chi connectivity index (χ0v) is 7.36. The second-order valence-electron chi connectivity index (χ2n) is 2.91. The van der Waals surface area contributed by atoms with Crippen molar-refractivity contribution in [3.8, 4) is 0 Å². The van der Waals surface area contributed by atoms with E-state index in [0.29, 0.717) is 0 Å². The van der Waals surface area contributed by atoms with Crippen molar-refractivity contribution in [2.75, 3.05) is 13.1 Å². The van der Waals surface area contributed by atoms with E-state index in [-0.39, 0.29) is 24.2 Å². The third kappa shape index (κ3) is 2.67. The number of aliphatic carboxylic acids is 1. The topological polar surface area (TPSA) is 49.3 Å².